The zero-order chi connectivity index (χ0) is 19.8. The van der Waals surface area contributed by atoms with E-state index < -0.39 is 6.10 Å². The van der Waals surface area contributed by atoms with Crippen LogP contribution >= 0.6 is 24.0 Å². The number of guanidine groups is 1. The minimum absolute atomic E-state index is 0. The topological polar surface area (TPSA) is 60.3 Å². The number of rotatable bonds is 8. The number of nitrogens with one attached hydrogen (secondary N) is 1. The van der Waals surface area contributed by atoms with E-state index in [1.54, 1.807) is 0 Å². The van der Waals surface area contributed by atoms with Crippen molar-refractivity contribution in [1.29, 1.82) is 0 Å². The van der Waals surface area contributed by atoms with E-state index in [9.17, 15) is 5.11 Å². The minimum atomic E-state index is -0.600. The van der Waals surface area contributed by atoms with E-state index in [-0.39, 0.29) is 36.7 Å². The average Bonchev–Trinajstić information content (AvgIpc) is 3.41. The smallest absolute Gasteiger partial charge is 0.194 e. The number of benzene rings is 1. The molecule has 0 aliphatic carbocycles. The van der Waals surface area contributed by atoms with Crippen LogP contribution in [0.15, 0.2) is 35.3 Å². The molecule has 1 aromatic carbocycles. The Kier molecular flexibility index (Phi) is 10.7. The van der Waals surface area contributed by atoms with Crippen LogP contribution in [-0.4, -0.2) is 78.9 Å². The molecule has 29 heavy (non-hydrogen) atoms. The van der Waals surface area contributed by atoms with Crippen LogP contribution in [0.2, 0.25) is 0 Å². The van der Waals surface area contributed by atoms with Gasteiger partial charge in [-0.15, -0.1) is 24.0 Å². The largest absolute Gasteiger partial charge is 0.389 e. The molecule has 2 heterocycles. The molecule has 6 nitrogen and oxygen atoms in total. The van der Waals surface area contributed by atoms with E-state index >= 15 is 0 Å². The molecule has 1 aromatic rings. The number of ether oxygens (including phenoxy) is 1. The van der Waals surface area contributed by atoms with Crippen LogP contribution in [0.5, 0.6) is 0 Å². The fraction of sp³-hybridized carbons (Fsp3) is 0.682. The number of hydrogen-bond acceptors (Lipinski definition) is 4. The lowest BCUT2D eigenvalue weighted by Crippen LogP contribution is -2.43. The molecule has 3 atom stereocenters. The summed E-state index contributed by atoms with van der Waals surface area (Å²) in [7, 11) is 0. The lowest BCUT2D eigenvalue weighted by atomic mass is 10.1. The van der Waals surface area contributed by atoms with Crippen molar-refractivity contribution in [3.05, 3.63) is 35.9 Å². The van der Waals surface area contributed by atoms with Gasteiger partial charge in [-0.3, -0.25) is 9.89 Å². The summed E-state index contributed by atoms with van der Waals surface area (Å²) in [5.74, 6) is 0.916. The van der Waals surface area contributed by atoms with E-state index in [4.69, 9.17) is 9.73 Å². The highest BCUT2D eigenvalue weighted by molar-refractivity contribution is 14.0. The van der Waals surface area contributed by atoms with Gasteiger partial charge in [-0.25, -0.2) is 0 Å². The molecular weight excluding hydrogens is 479 g/mol. The summed E-state index contributed by atoms with van der Waals surface area (Å²) < 4.78 is 5.83. The highest BCUT2D eigenvalue weighted by atomic mass is 127. The summed E-state index contributed by atoms with van der Waals surface area (Å²) in [4.78, 5) is 9.65. The zero-order valence-corrected chi connectivity index (χ0v) is 20.1. The van der Waals surface area contributed by atoms with Gasteiger partial charge in [0.2, 0.25) is 0 Å². The molecule has 0 saturated carbocycles. The average molecular weight is 516 g/mol. The highest BCUT2D eigenvalue weighted by Crippen LogP contribution is 2.20. The molecule has 3 unspecified atom stereocenters. The van der Waals surface area contributed by atoms with Crippen LogP contribution < -0.4 is 5.32 Å². The maximum absolute atomic E-state index is 10.3. The van der Waals surface area contributed by atoms with Crippen LogP contribution in [0.3, 0.4) is 0 Å². The lowest BCUT2D eigenvalue weighted by Gasteiger charge is -2.25. The van der Waals surface area contributed by atoms with Gasteiger partial charge in [0, 0.05) is 25.7 Å². The van der Waals surface area contributed by atoms with Crippen molar-refractivity contribution >= 4 is 29.9 Å². The van der Waals surface area contributed by atoms with Crippen LogP contribution in [0.4, 0.5) is 0 Å². The summed E-state index contributed by atoms with van der Waals surface area (Å²) in [5.41, 5.74) is 1.12. The minimum Gasteiger partial charge on any atom is -0.389 e. The van der Waals surface area contributed by atoms with Crippen LogP contribution in [0, 0.1) is 0 Å². The van der Waals surface area contributed by atoms with Gasteiger partial charge in [-0.1, -0.05) is 30.3 Å². The van der Waals surface area contributed by atoms with E-state index in [1.165, 1.54) is 32.4 Å². The molecule has 0 bridgehead atoms. The predicted molar refractivity (Wildman–Crippen MR) is 129 cm³/mol. The third-order valence-corrected chi connectivity index (χ3v) is 5.71. The fourth-order valence-electron chi connectivity index (χ4n) is 4.09. The van der Waals surface area contributed by atoms with Crippen LogP contribution in [-0.2, 0) is 4.74 Å². The Bertz CT molecular complexity index is 610. The molecule has 2 saturated heterocycles. The number of likely N-dealkylation sites (tertiary alicyclic amines) is 2. The standard InChI is InChI=1S/C22H36N4O2.HI/c1-3-23-22(26-14-11-20(16-26)25-12-7-8-13-25)24-15-21(27)17-28-18(2)19-9-5-4-6-10-19;/h4-6,9-10,18,20-21,27H,3,7-8,11-17H2,1-2H3,(H,23,24);1H. The molecule has 0 radical (unpaired) electrons. The molecule has 7 heteroatoms. The van der Waals surface area contributed by atoms with Crippen molar-refractivity contribution in [3.8, 4) is 0 Å². The second-order valence-corrected chi connectivity index (χ2v) is 7.87. The van der Waals surface area contributed by atoms with Crippen LogP contribution in [0.25, 0.3) is 0 Å². The summed E-state index contributed by atoms with van der Waals surface area (Å²) in [5, 5.41) is 13.7. The Hall–Kier alpha value is -0.900. The Morgan fingerprint density at radius 3 is 2.66 bits per heavy atom. The Morgan fingerprint density at radius 2 is 1.97 bits per heavy atom. The van der Waals surface area contributed by atoms with Gasteiger partial charge < -0.3 is 20.1 Å². The number of nitrogens with zero attached hydrogens (tertiary/aromatic N) is 3. The van der Waals surface area contributed by atoms with Gasteiger partial charge in [-0.2, -0.15) is 0 Å². The van der Waals surface area contributed by atoms with E-state index in [1.807, 2.05) is 37.3 Å². The van der Waals surface area contributed by atoms with Gasteiger partial charge in [0.1, 0.15) is 0 Å². The van der Waals surface area contributed by atoms with Crippen molar-refractivity contribution in [2.24, 2.45) is 4.99 Å². The SMILES string of the molecule is CCNC(=NCC(O)COC(C)c1ccccc1)N1CCC(N2CCCC2)C1.I. The molecule has 2 N–H and O–H groups in total. The molecule has 2 fully saturated rings. The second kappa shape index (κ2) is 12.7. The third-order valence-electron chi connectivity index (χ3n) is 5.71. The normalized spacial score (nSPS) is 22.4. The zero-order valence-electron chi connectivity index (χ0n) is 17.8. The van der Waals surface area contributed by atoms with Gasteiger partial charge in [0.05, 0.1) is 25.4 Å². The number of aliphatic hydroxyl groups is 1. The van der Waals surface area contributed by atoms with Gasteiger partial charge in [0.25, 0.3) is 0 Å². The number of aliphatic hydroxyl groups excluding tert-OH is 1. The molecule has 3 rings (SSSR count). The van der Waals surface area contributed by atoms with E-state index in [2.05, 4.69) is 22.0 Å². The molecule has 0 amide bonds. The number of aliphatic imine (C=N–C) groups is 1. The molecule has 164 valence electrons. The first-order chi connectivity index (χ1) is 13.7. The van der Waals surface area contributed by atoms with E-state index in [0.29, 0.717) is 12.6 Å². The third kappa shape index (κ3) is 7.38. The molecule has 0 aromatic heterocycles. The lowest BCUT2D eigenvalue weighted by molar-refractivity contribution is 0.00106. The summed E-state index contributed by atoms with van der Waals surface area (Å²) in [6.07, 6.45) is 3.23. The maximum atomic E-state index is 10.3. The quantitative estimate of drug-likeness (QED) is 0.316. The molecule has 2 aliphatic rings. The van der Waals surface area contributed by atoms with Crippen LogP contribution in [0.1, 0.15) is 44.8 Å². The maximum Gasteiger partial charge on any atom is 0.194 e. The van der Waals surface area contributed by atoms with Crippen molar-refractivity contribution in [2.75, 3.05) is 45.9 Å². The first-order valence-corrected chi connectivity index (χ1v) is 10.8. The van der Waals surface area contributed by atoms with Crippen molar-refractivity contribution in [2.45, 2.75) is 51.4 Å². The first-order valence-electron chi connectivity index (χ1n) is 10.8. The van der Waals surface area contributed by atoms with Crippen molar-refractivity contribution in [3.63, 3.8) is 0 Å². The predicted octanol–water partition coefficient (Wildman–Crippen LogP) is 2.88. The second-order valence-electron chi connectivity index (χ2n) is 7.87. The highest BCUT2D eigenvalue weighted by Gasteiger charge is 2.30. The van der Waals surface area contributed by atoms with E-state index in [0.717, 1.165) is 31.2 Å². The van der Waals surface area contributed by atoms with Crippen molar-refractivity contribution in [1.82, 2.24) is 15.1 Å². The number of halogens is 1. The Morgan fingerprint density at radius 1 is 1.24 bits per heavy atom. The Labute approximate surface area is 192 Å². The monoisotopic (exact) mass is 516 g/mol. The Balaban J connectivity index is 0.00000300. The molecule has 0 spiro atoms. The van der Waals surface area contributed by atoms with Gasteiger partial charge in [-0.05, 0) is 51.8 Å². The molecule has 2 aliphatic heterocycles. The fourth-order valence-corrected chi connectivity index (χ4v) is 4.09. The summed E-state index contributed by atoms with van der Waals surface area (Å²) >= 11 is 0. The summed E-state index contributed by atoms with van der Waals surface area (Å²) in [6.45, 7) is 10.1. The van der Waals surface area contributed by atoms with Crippen molar-refractivity contribution < 1.29 is 9.84 Å². The summed E-state index contributed by atoms with van der Waals surface area (Å²) in [6, 6.07) is 10.7. The van der Waals surface area contributed by atoms with Gasteiger partial charge in [0.15, 0.2) is 5.96 Å². The number of hydrogen-bond donors (Lipinski definition) is 2. The van der Waals surface area contributed by atoms with Gasteiger partial charge >= 0.3 is 0 Å². The first kappa shape index (κ1) is 24.4. The molecular formula is C22H37IN4O2.